The van der Waals surface area contributed by atoms with Crippen LogP contribution in [-0.2, 0) is 13.6 Å². The smallest absolute Gasteiger partial charge is 0.275 e. The lowest BCUT2D eigenvalue weighted by atomic mass is 10.2. The Hall–Kier alpha value is -2.02. The quantitative estimate of drug-likeness (QED) is 0.686. The lowest BCUT2D eigenvalue weighted by Gasteiger charge is -2.09. The van der Waals surface area contributed by atoms with Gasteiger partial charge in [-0.25, -0.2) is 0 Å². The van der Waals surface area contributed by atoms with E-state index in [1.807, 2.05) is 19.9 Å². The molecule has 0 saturated heterocycles. The molecule has 0 spiro atoms. The lowest BCUT2D eigenvalue weighted by molar-refractivity contribution is 0.101. The van der Waals surface area contributed by atoms with Crippen LogP contribution in [0, 0.1) is 13.8 Å². The molecule has 0 aliphatic rings. The van der Waals surface area contributed by atoms with Crippen molar-refractivity contribution in [3.63, 3.8) is 0 Å². The van der Waals surface area contributed by atoms with Crippen LogP contribution in [0.3, 0.4) is 0 Å². The first-order valence-corrected chi connectivity index (χ1v) is 8.88. The first kappa shape index (κ1) is 18.8. The number of carbonyl (C=O) groups excluding carboxylic acids is 1. The van der Waals surface area contributed by atoms with Crippen molar-refractivity contribution in [2.24, 2.45) is 7.05 Å². The van der Waals surface area contributed by atoms with Gasteiger partial charge in [0, 0.05) is 17.1 Å². The second-order valence-electron chi connectivity index (χ2n) is 5.86. The van der Waals surface area contributed by atoms with Crippen molar-refractivity contribution in [1.82, 2.24) is 19.6 Å². The molecule has 1 amide bonds. The van der Waals surface area contributed by atoms with Crippen LogP contribution in [0.1, 0.15) is 27.4 Å². The number of benzene rings is 1. The Morgan fingerprint density at radius 2 is 1.92 bits per heavy atom. The van der Waals surface area contributed by atoms with Gasteiger partial charge in [-0.15, -0.1) is 0 Å². The van der Waals surface area contributed by atoms with Crippen LogP contribution < -0.4 is 5.32 Å². The summed E-state index contributed by atoms with van der Waals surface area (Å²) in [4.78, 5) is 12.6. The molecule has 0 aliphatic carbocycles. The fourth-order valence-electron chi connectivity index (χ4n) is 2.68. The maximum Gasteiger partial charge on any atom is 0.275 e. The summed E-state index contributed by atoms with van der Waals surface area (Å²) in [7, 11) is 1.66. The number of amides is 1. The number of halogens is 3. The number of nitrogens with zero attached hydrogens (tertiary/aromatic N) is 4. The summed E-state index contributed by atoms with van der Waals surface area (Å²) < 4.78 is 3.21. The molecule has 6 nitrogen and oxygen atoms in total. The third-order valence-corrected chi connectivity index (χ3v) is 4.93. The van der Waals surface area contributed by atoms with E-state index in [9.17, 15) is 4.79 Å². The molecule has 0 unspecified atom stereocenters. The highest BCUT2D eigenvalue weighted by Crippen LogP contribution is 2.26. The highest BCUT2D eigenvalue weighted by atomic mass is 35.5. The van der Waals surface area contributed by atoms with Crippen LogP contribution in [0.15, 0.2) is 24.4 Å². The molecule has 0 atom stereocenters. The van der Waals surface area contributed by atoms with Crippen LogP contribution in [0.4, 0.5) is 5.69 Å². The van der Waals surface area contributed by atoms with E-state index >= 15 is 0 Å². The van der Waals surface area contributed by atoms with Gasteiger partial charge in [-0.3, -0.25) is 14.2 Å². The maximum absolute atomic E-state index is 12.6. The number of anilines is 1. The average Bonchev–Trinajstić information content (AvgIpc) is 3.03. The topological polar surface area (TPSA) is 64.7 Å². The zero-order valence-electron chi connectivity index (χ0n) is 14.3. The van der Waals surface area contributed by atoms with Crippen molar-refractivity contribution >= 4 is 46.4 Å². The lowest BCUT2D eigenvalue weighted by Crippen LogP contribution is -2.17. The van der Waals surface area contributed by atoms with Gasteiger partial charge in [0.25, 0.3) is 5.91 Å². The Labute approximate surface area is 165 Å². The van der Waals surface area contributed by atoms with E-state index in [1.165, 1.54) is 10.9 Å². The summed E-state index contributed by atoms with van der Waals surface area (Å²) in [6, 6.07) is 5.33. The number of rotatable bonds is 4. The van der Waals surface area contributed by atoms with E-state index < -0.39 is 0 Å². The van der Waals surface area contributed by atoms with E-state index in [0.717, 1.165) is 11.3 Å². The van der Waals surface area contributed by atoms with Gasteiger partial charge in [-0.2, -0.15) is 10.2 Å². The fourth-order valence-corrected chi connectivity index (χ4v) is 3.40. The molecule has 1 N–H and O–H groups in total. The van der Waals surface area contributed by atoms with E-state index in [-0.39, 0.29) is 5.91 Å². The number of aromatic nitrogens is 4. The number of hydrogen-bond donors (Lipinski definition) is 1. The van der Waals surface area contributed by atoms with E-state index in [0.29, 0.717) is 38.7 Å². The van der Waals surface area contributed by atoms with E-state index in [1.54, 1.807) is 23.9 Å². The van der Waals surface area contributed by atoms with E-state index in [2.05, 4.69) is 15.5 Å². The van der Waals surface area contributed by atoms with Gasteiger partial charge in [0.05, 0.1) is 34.8 Å². The van der Waals surface area contributed by atoms with Crippen LogP contribution in [-0.4, -0.2) is 25.5 Å². The molecule has 9 heteroatoms. The molecule has 3 rings (SSSR count). The summed E-state index contributed by atoms with van der Waals surface area (Å²) in [6.45, 7) is 4.17. The number of carbonyl (C=O) groups is 1. The maximum atomic E-state index is 12.6. The summed E-state index contributed by atoms with van der Waals surface area (Å²) in [5.41, 5.74) is 3.31. The minimum atomic E-state index is -0.342. The SMILES string of the molecule is Cc1nn(Cc2ccc(Cl)cc2Cl)c(C)c1NC(=O)c1c(Cl)cnn1C. The molecule has 2 aromatic heterocycles. The molecule has 0 radical (unpaired) electrons. The molecule has 136 valence electrons. The normalized spacial score (nSPS) is 11.0. The van der Waals surface area contributed by atoms with Crippen molar-refractivity contribution in [2.45, 2.75) is 20.4 Å². The van der Waals surface area contributed by atoms with Crippen molar-refractivity contribution < 1.29 is 4.79 Å². The molecule has 26 heavy (non-hydrogen) atoms. The molecular weight excluding hydrogens is 397 g/mol. The Morgan fingerprint density at radius 1 is 1.19 bits per heavy atom. The molecule has 0 bridgehead atoms. The second kappa shape index (κ2) is 7.31. The first-order valence-electron chi connectivity index (χ1n) is 7.74. The van der Waals surface area contributed by atoms with Gasteiger partial charge in [-0.1, -0.05) is 40.9 Å². The molecular formula is C17H16Cl3N5O. The monoisotopic (exact) mass is 411 g/mol. The predicted octanol–water partition coefficient (Wildman–Crippen LogP) is 4.49. The Morgan fingerprint density at radius 3 is 2.54 bits per heavy atom. The highest BCUT2D eigenvalue weighted by molar-refractivity contribution is 6.35. The van der Waals surface area contributed by atoms with Crippen molar-refractivity contribution in [3.8, 4) is 0 Å². The van der Waals surface area contributed by atoms with Gasteiger partial charge >= 0.3 is 0 Å². The van der Waals surface area contributed by atoms with Gasteiger partial charge in [-0.05, 0) is 31.5 Å². The number of nitrogens with one attached hydrogen (secondary N) is 1. The minimum Gasteiger partial charge on any atom is -0.317 e. The van der Waals surface area contributed by atoms with Gasteiger partial charge in [0.1, 0.15) is 5.69 Å². The highest BCUT2D eigenvalue weighted by Gasteiger charge is 2.20. The number of aryl methyl sites for hydroxylation is 2. The standard InChI is InChI=1S/C17H16Cl3N5O/c1-9-15(22-17(26)16-14(20)7-21-24(16)3)10(2)25(23-9)8-11-4-5-12(18)6-13(11)19/h4-7H,8H2,1-3H3,(H,22,26). The Balaban J connectivity index is 1.87. The predicted molar refractivity (Wildman–Crippen MR) is 103 cm³/mol. The third kappa shape index (κ3) is 3.58. The summed E-state index contributed by atoms with van der Waals surface area (Å²) in [6.07, 6.45) is 1.43. The summed E-state index contributed by atoms with van der Waals surface area (Å²) >= 11 is 18.2. The average molecular weight is 413 g/mol. The van der Waals surface area contributed by atoms with Crippen molar-refractivity contribution in [2.75, 3.05) is 5.32 Å². The molecule has 0 aliphatic heterocycles. The Kier molecular flexibility index (Phi) is 5.27. The van der Waals surface area contributed by atoms with Gasteiger partial charge in [0.2, 0.25) is 0 Å². The molecule has 3 aromatic rings. The van der Waals surface area contributed by atoms with Gasteiger partial charge in [0.15, 0.2) is 0 Å². The number of hydrogen-bond acceptors (Lipinski definition) is 3. The zero-order valence-corrected chi connectivity index (χ0v) is 16.6. The molecule has 0 fully saturated rings. The molecule has 0 saturated carbocycles. The van der Waals surface area contributed by atoms with E-state index in [4.69, 9.17) is 34.8 Å². The summed E-state index contributed by atoms with van der Waals surface area (Å²) in [5.74, 6) is -0.342. The largest absolute Gasteiger partial charge is 0.317 e. The van der Waals surface area contributed by atoms with Crippen LogP contribution >= 0.6 is 34.8 Å². The van der Waals surface area contributed by atoms with Crippen LogP contribution in [0.2, 0.25) is 15.1 Å². The third-order valence-electron chi connectivity index (χ3n) is 4.06. The van der Waals surface area contributed by atoms with Crippen LogP contribution in [0.5, 0.6) is 0 Å². The van der Waals surface area contributed by atoms with Crippen LogP contribution in [0.25, 0.3) is 0 Å². The fraction of sp³-hybridized carbons (Fsp3) is 0.235. The zero-order chi connectivity index (χ0) is 19.0. The molecule has 1 aromatic carbocycles. The summed E-state index contributed by atoms with van der Waals surface area (Å²) in [5, 5.41) is 12.8. The molecule has 2 heterocycles. The first-order chi connectivity index (χ1) is 12.3. The minimum absolute atomic E-state index is 0.291. The van der Waals surface area contributed by atoms with Crippen molar-refractivity contribution in [1.29, 1.82) is 0 Å². The van der Waals surface area contributed by atoms with Gasteiger partial charge < -0.3 is 5.32 Å². The second-order valence-corrected chi connectivity index (χ2v) is 7.11. The van der Waals surface area contributed by atoms with Crippen molar-refractivity contribution in [3.05, 3.63) is 62.1 Å². The Bertz CT molecular complexity index is 973.